The molecule has 5 heteroatoms. The number of nitrogens with zero attached hydrogens (tertiary/aromatic N) is 2. The number of hydrogen-bond donors (Lipinski definition) is 0. The average Bonchev–Trinajstić information content (AvgIpc) is 2.52. The van der Waals surface area contributed by atoms with E-state index in [0.717, 1.165) is 33.7 Å². The molecule has 0 spiro atoms. The zero-order valence-corrected chi connectivity index (χ0v) is 13.8. The van der Waals surface area contributed by atoms with E-state index in [1.807, 2.05) is 0 Å². The van der Waals surface area contributed by atoms with E-state index >= 15 is 0 Å². The van der Waals surface area contributed by atoms with Crippen LogP contribution in [0.5, 0.6) is 0 Å². The van der Waals surface area contributed by atoms with Crippen molar-refractivity contribution in [1.82, 2.24) is 4.90 Å². The Labute approximate surface area is 123 Å². The molecule has 0 radical (unpaired) electrons. The molecule has 1 aliphatic heterocycles. The van der Waals surface area contributed by atoms with Crippen LogP contribution in [0.2, 0.25) is 0 Å². The lowest BCUT2D eigenvalue weighted by atomic mass is 10.2. The van der Waals surface area contributed by atoms with Crippen molar-refractivity contribution in [2.75, 3.05) is 13.1 Å². The molecule has 2 nitrogen and oxygen atoms in total. The van der Waals surface area contributed by atoms with Crippen LogP contribution in [0.3, 0.4) is 0 Å². The summed E-state index contributed by atoms with van der Waals surface area (Å²) in [5.41, 5.74) is 1.26. The Morgan fingerprint density at radius 3 is 2.65 bits per heavy atom. The number of halogens is 2. The standard InChI is InChI=1S/C12H14Br2N2S/c1-3-16(4-2)10-6-5-8-9(7-15-10)17-12(14)11(8)13/h5-6H,3-4,7H2,1-2H3. The number of hydrogen-bond acceptors (Lipinski definition) is 3. The van der Waals surface area contributed by atoms with Crippen LogP contribution < -0.4 is 0 Å². The largest absolute Gasteiger partial charge is 0.357 e. The van der Waals surface area contributed by atoms with E-state index in [1.165, 1.54) is 10.4 Å². The zero-order valence-electron chi connectivity index (χ0n) is 9.83. The van der Waals surface area contributed by atoms with Gasteiger partial charge in [-0.05, 0) is 57.9 Å². The Balaban J connectivity index is 2.31. The highest BCUT2D eigenvalue weighted by Crippen LogP contribution is 2.39. The number of aliphatic imine (C=N–C) groups is 1. The summed E-state index contributed by atoms with van der Waals surface area (Å²) in [6.07, 6.45) is 4.27. The van der Waals surface area contributed by atoms with Crippen molar-refractivity contribution >= 4 is 55.1 Å². The fourth-order valence-electron chi connectivity index (χ4n) is 1.84. The van der Waals surface area contributed by atoms with E-state index in [9.17, 15) is 0 Å². The highest BCUT2D eigenvalue weighted by Gasteiger charge is 2.15. The van der Waals surface area contributed by atoms with E-state index in [4.69, 9.17) is 0 Å². The van der Waals surface area contributed by atoms with Crippen molar-refractivity contribution in [3.8, 4) is 0 Å². The minimum absolute atomic E-state index is 0.767. The molecule has 0 unspecified atom stereocenters. The average molecular weight is 378 g/mol. The quantitative estimate of drug-likeness (QED) is 0.738. The second-order valence-electron chi connectivity index (χ2n) is 3.71. The van der Waals surface area contributed by atoms with Crippen molar-refractivity contribution in [2.45, 2.75) is 20.4 Å². The van der Waals surface area contributed by atoms with Gasteiger partial charge in [0, 0.05) is 23.5 Å². The molecule has 2 heterocycles. The summed E-state index contributed by atoms with van der Waals surface area (Å²) in [5.74, 6) is 1.08. The first-order valence-electron chi connectivity index (χ1n) is 5.61. The van der Waals surface area contributed by atoms with Crippen LogP contribution in [-0.2, 0) is 6.54 Å². The van der Waals surface area contributed by atoms with Gasteiger partial charge in [-0.3, -0.25) is 4.99 Å². The molecule has 1 aromatic rings. The number of thiophene rings is 1. The zero-order chi connectivity index (χ0) is 12.4. The molecule has 0 atom stereocenters. The lowest BCUT2D eigenvalue weighted by Gasteiger charge is -2.20. The van der Waals surface area contributed by atoms with Crippen molar-refractivity contribution < 1.29 is 0 Å². The van der Waals surface area contributed by atoms with Crippen LogP contribution in [0.25, 0.3) is 6.08 Å². The Morgan fingerprint density at radius 2 is 2.00 bits per heavy atom. The molecule has 2 rings (SSSR count). The van der Waals surface area contributed by atoms with Crippen LogP contribution in [-0.4, -0.2) is 23.8 Å². The lowest BCUT2D eigenvalue weighted by molar-refractivity contribution is 0.466. The Kier molecular flexibility index (Phi) is 4.44. The molecular weight excluding hydrogens is 364 g/mol. The van der Waals surface area contributed by atoms with Crippen molar-refractivity contribution in [1.29, 1.82) is 0 Å². The first kappa shape index (κ1) is 13.3. The van der Waals surface area contributed by atoms with Gasteiger partial charge in [0.1, 0.15) is 5.84 Å². The molecule has 92 valence electrons. The SMILES string of the molecule is CCN(CC)C1=NCc2sc(Br)c(Br)c2C=C1. The number of amidine groups is 1. The van der Waals surface area contributed by atoms with Gasteiger partial charge in [-0.1, -0.05) is 0 Å². The maximum absolute atomic E-state index is 4.69. The van der Waals surface area contributed by atoms with Crippen LogP contribution in [0, 0.1) is 0 Å². The van der Waals surface area contributed by atoms with Crippen LogP contribution >= 0.6 is 43.2 Å². The second kappa shape index (κ2) is 5.67. The molecule has 0 fully saturated rings. The van der Waals surface area contributed by atoms with Gasteiger partial charge in [0.2, 0.25) is 0 Å². The van der Waals surface area contributed by atoms with E-state index in [1.54, 1.807) is 11.3 Å². The van der Waals surface area contributed by atoms with Crippen molar-refractivity contribution in [3.05, 3.63) is 24.8 Å². The van der Waals surface area contributed by atoms with E-state index < -0.39 is 0 Å². The third kappa shape index (κ3) is 2.66. The maximum atomic E-state index is 4.69. The predicted octanol–water partition coefficient (Wildman–Crippen LogP) is 4.54. The van der Waals surface area contributed by atoms with Gasteiger partial charge in [-0.25, -0.2) is 0 Å². The van der Waals surface area contributed by atoms with Gasteiger partial charge in [-0.15, -0.1) is 11.3 Å². The molecular formula is C12H14Br2N2S. The second-order valence-corrected chi connectivity index (χ2v) is 6.92. The van der Waals surface area contributed by atoms with Gasteiger partial charge in [0.15, 0.2) is 0 Å². The minimum Gasteiger partial charge on any atom is -0.357 e. The van der Waals surface area contributed by atoms with Crippen molar-refractivity contribution in [2.24, 2.45) is 4.99 Å². The Hall–Kier alpha value is -0.130. The summed E-state index contributed by atoms with van der Waals surface area (Å²) in [4.78, 5) is 8.27. The van der Waals surface area contributed by atoms with Crippen LogP contribution in [0.4, 0.5) is 0 Å². The molecule has 0 N–H and O–H groups in total. The fourth-order valence-corrected chi connectivity index (χ4v) is 4.21. The number of likely N-dealkylation sites (N-methyl/N-ethyl adjacent to an activating group) is 1. The van der Waals surface area contributed by atoms with Gasteiger partial charge >= 0.3 is 0 Å². The van der Waals surface area contributed by atoms with Crippen molar-refractivity contribution in [3.63, 3.8) is 0 Å². The summed E-state index contributed by atoms with van der Waals surface area (Å²) in [6, 6.07) is 0. The third-order valence-corrected chi connectivity index (χ3v) is 6.27. The van der Waals surface area contributed by atoms with Crippen LogP contribution in [0.1, 0.15) is 24.3 Å². The van der Waals surface area contributed by atoms with E-state index in [0.29, 0.717) is 0 Å². The Bertz CT molecular complexity index is 473. The first-order chi connectivity index (χ1) is 8.17. The maximum Gasteiger partial charge on any atom is 0.123 e. The summed E-state index contributed by atoms with van der Waals surface area (Å²) >= 11 is 8.91. The topological polar surface area (TPSA) is 15.6 Å². The Morgan fingerprint density at radius 1 is 1.29 bits per heavy atom. The summed E-state index contributed by atoms with van der Waals surface area (Å²) < 4.78 is 2.29. The van der Waals surface area contributed by atoms with Gasteiger partial charge < -0.3 is 4.90 Å². The van der Waals surface area contributed by atoms with Gasteiger partial charge in [0.05, 0.1) is 14.8 Å². The molecule has 17 heavy (non-hydrogen) atoms. The van der Waals surface area contributed by atoms with Crippen LogP contribution in [0.15, 0.2) is 19.3 Å². The fraction of sp³-hybridized carbons (Fsp3) is 0.417. The third-order valence-electron chi connectivity index (χ3n) is 2.79. The summed E-state index contributed by atoms with van der Waals surface area (Å²) in [5, 5.41) is 0. The monoisotopic (exact) mass is 376 g/mol. The van der Waals surface area contributed by atoms with E-state index in [2.05, 4.69) is 67.8 Å². The first-order valence-corrected chi connectivity index (χ1v) is 8.01. The predicted molar refractivity (Wildman–Crippen MR) is 82.8 cm³/mol. The minimum atomic E-state index is 0.767. The molecule has 1 aromatic heterocycles. The molecule has 0 amide bonds. The molecule has 0 aromatic carbocycles. The highest BCUT2D eigenvalue weighted by atomic mass is 79.9. The number of rotatable bonds is 2. The molecule has 0 saturated carbocycles. The molecule has 0 bridgehead atoms. The molecule has 0 saturated heterocycles. The highest BCUT2D eigenvalue weighted by molar-refractivity contribution is 9.13. The number of fused-ring (bicyclic) bond motifs is 1. The summed E-state index contributed by atoms with van der Waals surface area (Å²) in [7, 11) is 0. The normalized spacial score (nSPS) is 14.2. The smallest absolute Gasteiger partial charge is 0.123 e. The molecule has 1 aliphatic rings. The van der Waals surface area contributed by atoms with E-state index in [-0.39, 0.29) is 0 Å². The van der Waals surface area contributed by atoms with Gasteiger partial charge in [0.25, 0.3) is 0 Å². The lowest BCUT2D eigenvalue weighted by Crippen LogP contribution is -2.28. The van der Waals surface area contributed by atoms with Gasteiger partial charge in [-0.2, -0.15) is 0 Å². The molecule has 0 aliphatic carbocycles. The summed E-state index contributed by atoms with van der Waals surface area (Å²) in [6.45, 7) is 7.08.